The highest BCUT2D eigenvalue weighted by Crippen LogP contribution is 2.11. The molecule has 0 aliphatic rings. The van der Waals surface area contributed by atoms with Gasteiger partial charge in [0.1, 0.15) is 5.76 Å². The van der Waals surface area contributed by atoms with Gasteiger partial charge in [0.2, 0.25) is 0 Å². The summed E-state index contributed by atoms with van der Waals surface area (Å²) in [5, 5.41) is 11.7. The second kappa shape index (κ2) is 4.37. The minimum Gasteiger partial charge on any atom is -0.467 e. The zero-order valence-corrected chi connectivity index (χ0v) is 6.66. The number of nitrogens with one attached hydrogen (secondary N) is 1. The van der Waals surface area contributed by atoms with Gasteiger partial charge in [0.25, 0.3) is 0 Å². The van der Waals surface area contributed by atoms with Gasteiger partial charge in [0.05, 0.1) is 12.3 Å². The van der Waals surface area contributed by atoms with E-state index in [0.717, 1.165) is 0 Å². The van der Waals surface area contributed by atoms with Crippen LogP contribution in [-0.2, 0) is 0 Å². The van der Waals surface area contributed by atoms with Gasteiger partial charge in [-0.1, -0.05) is 6.08 Å². The molecule has 0 aliphatic carbocycles. The number of rotatable bonds is 4. The molecule has 3 heteroatoms. The smallest absolute Gasteiger partial charge is 0.154 e. The topological polar surface area (TPSA) is 49.0 Å². The van der Waals surface area contributed by atoms with Crippen molar-refractivity contribution in [3.63, 3.8) is 0 Å². The van der Waals surface area contributed by atoms with Crippen LogP contribution >= 0.6 is 0 Å². The molecular weight excluding hydrogens is 152 g/mol. The largest absolute Gasteiger partial charge is 0.467 e. The van der Waals surface area contributed by atoms with E-state index in [2.05, 4.69) is 18.0 Å². The summed E-state index contributed by atoms with van der Waals surface area (Å²) < 4.78 is 5.06. The van der Waals surface area contributed by atoms with E-state index >= 15 is 0 Å². The van der Waals surface area contributed by atoms with E-state index < -0.39 is 0 Å². The van der Waals surface area contributed by atoms with Gasteiger partial charge in [-0.3, -0.25) is 5.32 Å². The first kappa shape index (κ1) is 8.57. The van der Waals surface area contributed by atoms with Crippen LogP contribution in [-0.4, -0.2) is 6.54 Å². The van der Waals surface area contributed by atoms with Crippen molar-refractivity contribution < 1.29 is 4.42 Å². The quantitative estimate of drug-likeness (QED) is 0.684. The van der Waals surface area contributed by atoms with Gasteiger partial charge in [-0.05, 0) is 12.1 Å². The average molecular weight is 162 g/mol. The van der Waals surface area contributed by atoms with Gasteiger partial charge in [0.15, 0.2) is 6.04 Å². The minimum absolute atomic E-state index is 0.377. The molecule has 0 bridgehead atoms. The number of nitriles is 1. The molecule has 1 aromatic rings. The highest BCUT2D eigenvalue weighted by Gasteiger charge is 2.10. The van der Waals surface area contributed by atoms with E-state index in [-0.39, 0.29) is 6.04 Å². The van der Waals surface area contributed by atoms with E-state index in [1.165, 1.54) is 0 Å². The lowest BCUT2D eigenvalue weighted by Crippen LogP contribution is -2.19. The maximum Gasteiger partial charge on any atom is 0.154 e. The van der Waals surface area contributed by atoms with E-state index in [4.69, 9.17) is 9.68 Å². The van der Waals surface area contributed by atoms with E-state index in [0.29, 0.717) is 12.3 Å². The van der Waals surface area contributed by atoms with Crippen LogP contribution in [0.4, 0.5) is 0 Å². The molecule has 0 radical (unpaired) electrons. The normalized spacial score (nSPS) is 11.9. The number of nitrogens with zero attached hydrogens (tertiary/aromatic N) is 1. The first-order valence-corrected chi connectivity index (χ1v) is 3.65. The molecule has 3 nitrogen and oxygen atoms in total. The summed E-state index contributed by atoms with van der Waals surface area (Å²) in [4.78, 5) is 0. The zero-order valence-electron chi connectivity index (χ0n) is 6.66. The molecule has 0 aliphatic heterocycles. The molecule has 1 rings (SSSR count). The highest BCUT2D eigenvalue weighted by molar-refractivity contribution is 5.12. The Morgan fingerprint density at radius 3 is 3.17 bits per heavy atom. The van der Waals surface area contributed by atoms with E-state index in [9.17, 15) is 0 Å². The number of hydrogen-bond acceptors (Lipinski definition) is 3. The molecular formula is C9H10N2O. The van der Waals surface area contributed by atoms with Gasteiger partial charge in [-0.15, -0.1) is 6.58 Å². The molecule has 0 saturated carbocycles. The van der Waals surface area contributed by atoms with Crippen LogP contribution in [0.3, 0.4) is 0 Å². The molecule has 0 fully saturated rings. The summed E-state index contributed by atoms with van der Waals surface area (Å²) in [6, 6.07) is 5.24. The molecule has 1 aromatic heterocycles. The van der Waals surface area contributed by atoms with Crippen LogP contribution in [0.2, 0.25) is 0 Å². The Balaban J connectivity index is 2.59. The Hall–Kier alpha value is -1.53. The summed E-state index contributed by atoms with van der Waals surface area (Å²) in [5.41, 5.74) is 0. The third kappa shape index (κ3) is 1.97. The van der Waals surface area contributed by atoms with Crippen molar-refractivity contribution in [1.82, 2.24) is 5.32 Å². The summed E-state index contributed by atoms with van der Waals surface area (Å²) in [6.07, 6.45) is 3.25. The molecule has 0 spiro atoms. The monoisotopic (exact) mass is 162 g/mol. The molecule has 62 valence electrons. The van der Waals surface area contributed by atoms with Gasteiger partial charge >= 0.3 is 0 Å². The fourth-order valence-electron chi connectivity index (χ4n) is 0.867. The molecule has 1 unspecified atom stereocenters. The standard InChI is InChI=1S/C9H10N2O/c1-2-5-11-8(7-10)9-4-3-6-12-9/h2-4,6,8,11H,1,5H2. The fourth-order valence-corrected chi connectivity index (χ4v) is 0.867. The van der Waals surface area contributed by atoms with Gasteiger partial charge < -0.3 is 4.42 Å². The number of furan rings is 1. The Labute approximate surface area is 71.3 Å². The number of hydrogen-bond donors (Lipinski definition) is 1. The minimum atomic E-state index is -0.377. The third-order valence-electron chi connectivity index (χ3n) is 1.42. The lowest BCUT2D eigenvalue weighted by Gasteiger charge is -2.05. The second-order valence-corrected chi connectivity index (χ2v) is 2.27. The van der Waals surface area contributed by atoms with Crippen molar-refractivity contribution in [3.8, 4) is 6.07 Å². The second-order valence-electron chi connectivity index (χ2n) is 2.27. The Kier molecular flexibility index (Phi) is 3.12. The van der Waals surface area contributed by atoms with Gasteiger partial charge in [0, 0.05) is 6.54 Å². The van der Waals surface area contributed by atoms with Crippen molar-refractivity contribution >= 4 is 0 Å². The Morgan fingerprint density at radius 1 is 1.83 bits per heavy atom. The Bertz CT molecular complexity index is 271. The van der Waals surface area contributed by atoms with Crippen LogP contribution in [0.1, 0.15) is 11.8 Å². The van der Waals surface area contributed by atoms with Crippen LogP contribution in [0.5, 0.6) is 0 Å². The third-order valence-corrected chi connectivity index (χ3v) is 1.42. The van der Waals surface area contributed by atoms with E-state index in [1.54, 1.807) is 24.5 Å². The van der Waals surface area contributed by atoms with Crippen molar-refractivity contribution in [2.75, 3.05) is 6.54 Å². The first-order chi connectivity index (χ1) is 5.88. The van der Waals surface area contributed by atoms with Crippen LogP contribution in [0.15, 0.2) is 35.5 Å². The molecule has 0 amide bonds. The lowest BCUT2D eigenvalue weighted by molar-refractivity contribution is 0.467. The van der Waals surface area contributed by atoms with Crippen LogP contribution in [0, 0.1) is 11.3 Å². The fraction of sp³-hybridized carbons (Fsp3) is 0.222. The molecule has 12 heavy (non-hydrogen) atoms. The summed E-state index contributed by atoms with van der Waals surface area (Å²) >= 11 is 0. The van der Waals surface area contributed by atoms with Crippen LogP contribution < -0.4 is 5.32 Å². The summed E-state index contributed by atoms with van der Waals surface area (Å²) in [6.45, 7) is 4.14. The van der Waals surface area contributed by atoms with Crippen molar-refractivity contribution in [2.24, 2.45) is 0 Å². The maximum absolute atomic E-state index is 8.72. The molecule has 1 N–H and O–H groups in total. The van der Waals surface area contributed by atoms with Gasteiger partial charge in [-0.2, -0.15) is 5.26 Å². The van der Waals surface area contributed by atoms with Gasteiger partial charge in [-0.25, -0.2) is 0 Å². The molecule has 0 aromatic carbocycles. The lowest BCUT2D eigenvalue weighted by atomic mass is 10.2. The predicted octanol–water partition coefficient (Wildman–Crippen LogP) is 1.62. The summed E-state index contributed by atoms with van der Waals surface area (Å²) in [5.74, 6) is 0.638. The van der Waals surface area contributed by atoms with Crippen LogP contribution in [0.25, 0.3) is 0 Å². The molecule has 0 saturated heterocycles. The average Bonchev–Trinajstić information content (AvgIpc) is 2.59. The molecule has 1 heterocycles. The SMILES string of the molecule is C=CCNC(C#N)c1ccco1. The Morgan fingerprint density at radius 2 is 2.67 bits per heavy atom. The maximum atomic E-state index is 8.72. The summed E-state index contributed by atoms with van der Waals surface area (Å²) in [7, 11) is 0. The van der Waals surface area contributed by atoms with Crippen molar-refractivity contribution in [2.45, 2.75) is 6.04 Å². The van der Waals surface area contributed by atoms with Crippen molar-refractivity contribution in [1.29, 1.82) is 5.26 Å². The molecule has 1 atom stereocenters. The van der Waals surface area contributed by atoms with Crippen molar-refractivity contribution in [3.05, 3.63) is 36.8 Å². The first-order valence-electron chi connectivity index (χ1n) is 3.65. The van der Waals surface area contributed by atoms with E-state index in [1.807, 2.05) is 0 Å². The highest BCUT2D eigenvalue weighted by atomic mass is 16.3. The predicted molar refractivity (Wildman–Crippen MR) is 45.3 cm³/mol. The zero-order chi connectivity index (χ0) is 8.81.